The summed E-state index contributed by atoms with van der Waals surface area (Å²) in [6.07, 6.45) is -1.75. The van der Waals surface area contributed by atoms with E-state index in [-0.39, 0.29) is 0 Å². The molecule has 1 fully saturated rings. The van der Waals surface area contributed by atoms with Gasteiger partial charge in [0.1, 0.15) is 5.75 Å². The molecule has 1 aliphatic rings. The van der Waals surface area contributed by atoms with E-state index < -0.39 is 23.6 Å². The fourth-order valence-corrected chi connectivity index (χ4v) is 3.00. The monoisotopic (exact) mass is 378 g/mol. The number of carbonyl (C=O) groups is 1. The van der Waals surface area contributed by atoms with E-state index >= 15 is 0 Å². The lowest BCUT2D eigenvalue weighted by Gasteiger charge is -2.17. The molecule has 6 heteroatoms. The van der Waals surface area contributed by atoms with Crippen molar-refractivity contribution in [2.45, 2.75) is 38.3 Å². The Bertz CT molecular complexity index is 808. The molecule has 0 bridgehead atoms. The van der Waals surface area contributed by atoms with Crippen LogP contribution in [0.1, 0.15) is 43.2 Å². The highest BCUT2D eigenvalue weighted by Gasteiger charge is 2.30. The molecule has 0 aromatic heterocycles. The SMILES string of the molecule is CCC(C(=O)O)c1ccc(-c2ccc(C(F)(F)F)cc2)c(OCC2CC2)c1. The Hall–Kier alpha value is -2.50. The molecule has 27 heavy (non-hydrogen) atoms. The summed E-state index contributed by atoms with van der Waals surface area (Å²) in [7, 11) is 0. The summed E-state index contributed by atoms with van der Waals surface area (Å²) in [4.78, 5) is 11.5. The smallest absolute Gasteiger partial charge is 0.416 e. The van der Waals surface area contributed by atoms with Crippen LogP contribution in [0.3, 0.4) is 0 Å². The predicted octanol–water partition coefficient (Wildman–Crippen LogP) is 5.74. The standard InChI is InChI=1S/C21H21F3O3/c1-2-17(20(25)26)15-7-10-18(19(11-15)27-12-13-3-4-13)14-5-8-16(9-6-14)21(22,23)24/h5-11,13,17H,2-4,12H2,1H3,(H,25,26). The highest BCUT2D eigenvalue weighted by molar-refractivity contribution is 5.78. The second-order valence-electron chi connectivity index (χ2n) is 6.88. The number of benzene rings is 2. The van der Waals surface area contributed by atoms with E-state index in [1.807, 2.05) is 0 Å². The molecule has 1 saturated carbocycles. The minimum atomic E-state index is -4.39. The highest BCUT2D eigenvalue weighted by atomic mass is 19.4. The molecule has 1 N–H and O–H groups in total. The van der Waals surface area contributed by atoms with Crippen molar-refractivity contribution in [1.29, 1.82) is 0 Å². The third-order valence-electron chi connectivity index (χ3n) is 4.81. The van der Waals surface area contributed by atoms with Gasteiger partial charge in [-0.1, -0.05) is 31.2 Å². The molecule has 2 aromatic carbocycles. The van der Waals surface area contributed by atoms with Crippen molar-refractivity contribution < 1.29 is 27.8 Å². The van der Waals surface area contributed by atoms with Crippen molar-refractivity contribution in [1.82, 2.24) is 0 Å². The molecule has 3 nitrogen and oxygen atoms in total. The first-order chi connectivity index (χ1) is 12.8. The minimum Gasteiger partial charge on any atom is -0.493 e. The van der Waals surface area contributed by atoms with Gasteiger partial charge in [-0.25, -0.2) is 0 Å². The van der Waals surface area contributed by atoms with Gasteiger partial charge in [0, 0.05) is 5.56 Å². The fraction of sp³-hybridized carbons (Fsp3) is 0.381. The Morgan fingerprint density at radius 2 is 1.85 bits per heavy atom. The highest BCUT2D eigenvalue weighted by Crippen LogP contribution is 2.38. The molecule has 0 amide bonds. The Labute approximate surface area is 155 Å². The summed E-state index contributed by atoms with van der Waals surface area (Å²) in [6, 6.07) is 10.1. The van der Waals surface area contributed by atoms with E-state index in [2.05, 4.69) is 0 Å². The molecule has 0 saturated heterocycles. The Kier molecular flexibility index (Phi) is 5.44. The van der Waals surface area contributed by atoms with Crippen LogP contribution in [0.5, 0.6) is 5.75 Å². The van der Waals surface area contributed by atoms with Gasteiger partial charge in [0.05, 0.1) is 18.1 Å². The van der Waals surface area contributed by atoms with Crippen LogP contribution in [0.25, 0.3) is 11.1 Å². The van der Waals surface area contributed by atoms with Gasteiger partial charge in [-0.15, -0.1) is 0 Å². The summed E-state index contributed by atoms with van der Waals surface area (Å²) in [5.41, 5.74) is 1.18. The van der Waals surface area contributed by atoms with Crippen molar-refractivity contribution >= 4 is 5.97 Å². The number of halogens is 3. The molecule has 1 aliphatic carbocycles. The van der Waals surface area contributed by atoms with Crippen LogP contribution in [-0.2, 0) is 11.0 Å². The van der Waals surface area contributed by atoms with E-state index in [0.717, 1.165) is 25.0 Å². The quantitative estimate of drug-likeness (QED) is 0.668. The van der Waals surface area contributed by atoms with E-state index in [9.17, 15) is 23.1 Å². The van der Waals surface area contributed by atoms with Crippen LogP contribution < -0.4 is 4.74 Å². The molecule has 0 radical (unpaired) electrons. The van der Waals surface area contributed by atoms with Gasteiger partial charge in [-0.2, -0.15) is 13.2 Å². The third kappa shape index (κ3) is 4.62. The zero-order valence-electron chi connectivity index (χ0n) is 14.9. The van der Waals surface area contributed by atoms with Crippen LogP contribution in [0.4, 0.5) is 13.2 Å². The van der Waals surface area contributed by atoms with Crippen LogP contribution in [0.2, 0.25) is 0 Å². The van der Waals surface area contributed by atoms with Gasteiger partial charge < -0.3 is 9.84 Å². The van der Waals surface area contributed by atoms with Gasteiger partial charge in [0.25, 0.3) is 0 Å². The second kappa shape index (κ2) is 7.62. The molecule has 0 spiro atoms. The van der Waals surface area contributed by atoms with E-state index in [0.29, 0.717) is 41.4 Å². The lowest BCUT2D eigenvalue weighted by atomic mass is 9.93. The first-order valence-electron chi connectivity index (χ1n) is 8.96. The van der Waals surface area contributed by atoms with Crippen molar-refractivity contribution in [3.63, 3.8) is 0 Å². The molecule has 0 aliphatic heterocycles. The first kappa shape index (κ1) is 19.3. The molecule has 2 aromatic rings. The number of aliphatic carboxylic acids is 1. The van der Waals surface area contributed by atoms with Gasteiger partial charge >= 0.3 is 12.1 Å². The molecule has 0 heterocycles. The van der Waals surface area contributed by atoms with Crippen LogP contribution in [0.15, 0.2) is 42.5 Å². The number of carboxylic acid groups (broad SMARTS) is 1. The largest absolute Gasteiger partial charge is 0.493 e. The average Bonchev–Trinajstić information content (AvgIpc) is 3.44. The molecular weight excluding hydrogens is 357 g/mol. The maximum atomic E-state index is 12.8. The lowest BCUT2D eigenvalue weighted by molar-refractivity contribution is -0.139. The summed E-state index contributed by atoms with van der Waals surface area (Å²) in [5, 5.41) is 9.39. The summed E-state index contributed by atoms with van der Waals surface area (Å²) in [6.45, 7) is 2.33. The average molecular weight is 378 g/mol. The number of carboxylic acids is 1. The second-order valence-corrected chi connectivity index (χ2v) is 6.88. The molecular formula is C21H21F3O3. The van der Waals surface area contributed by atoms with Crippen LogP contribution in [-0.4, -0.2) is 17.7 Å². The van der Waals surface area contributed by atoms with Crippen molar-refractivity contribution in [2.24, 2.45) is 5.92 Å². The van der Waals surface area contributed by atoms with Crippen LogP contribution >= 0.6 is 0 Å². The topological polar surface area (TPSA) is 46.5 Å². The lowest BCUT2D eigenvalue weighted by Crippen LogP contribution is -2.11. The maximum absolute atomic E-state index is 12.8. The molecule has 3 rings (SSSR count). The number of alkyl halides is 3. The zero-order chi connectivity index (χ0) is 19.6. The zero-order valence-corrected chi connectivity index (χ0v) is 14.9. The fourth-order valence-electron chi connectivity index (χ4n) is 3.00. The number of hydrogen-bond acceptors (Lipinski definition) is 2. The summed E-state index contributed by atoms with van der Waals surface area (Å²) < 4.78 is 44.3. The van der Waals surface area contributed by atoms with E-state index in [1.165, 1.54) is 12.1 Å². The normalized spacial score (nSPS) is 15.4. The minimum absolute atomic E-state index is 0.441. The Morgan fingerprint density at radius 1 is 1.19 bits per heavy atom. The molecule has 1 unspecified atom stereocenters. The molecule has 1 atom stereocenters. The third-order valence-corrected chi connectivity index (χ3v) is 4.81. The van der Waals surface area contributed by atoms with E-state index in [1.54, 1.807) is 25.1 Å². The maximum Gasteiger partial charge on any atom is 0.416 e. The number of hydrogen-bond donors (Lipinski definition) is 1. The predicted molar refractivity (Wildman–Crippen MR) is 95.8 cm³/mol. The van der Waals surface area contributed by atoms with Crippen molar-refractivity contribution in [3.05, 3.63) is 53.6 Å². The van der Waals surface area contributed by atoms with Gasteiger partial charge in [0.2, 0.25) is 0 Å². The molecule has 144 valence electrons. The van der Waals surface area contributed by atoms with Crippen molar-refractivity contribution in [3.8, 4) is 16.9 Å². The van der Waals surface area contributed by atoms with Gasteiger partial charge in [-0.3, -0.25) is 4.79 Å². The van der Waals surface area contributed by atoms with Gasteiger partial charge in [0.15, 0.2) is 0 Å². The van der Waals surface area contributed by atoms with E-state index in [4.69, 9.17) is 4.74 Å². The summed E-state index contributed by atoms with van der Waals surface area (Å²) in [5.74, 6) is -0.544. The Morgan fingerprint density at radius 3 is 2.37 bits per heavy atom. The van der Waals surface area contributed by atoms with Gasteiger partial charge in [-0.05, 0) is 54.5 Å². The van der Waals surface area contributed by atoms with Crippen molar-refractivity contribution in [2.75, 3.05) is 6.61 Å². The number of ether oxygens (including phenoxy) is 1. The first-order valence-corrected chi connectivity index (χ1v) is 8.96. The number of rotatable bonds is 7. The van der Waals surface area contributed by atoms with Crippen LogP contribution in [0, 0.1) is 5.92 Å². The summed E-state index contributed by atoms with van der Waals surface area (Å²) >= 11 is 0. The Balaban J connectivity index is 1.96.